The van der Waals surface area contributed by atoms with Crippen molar-refractivity contribution in [1.29, 1.82) is 0 Å². The Bertz CT molecular complexity index is 2260. The molecule has 6 aromatic carbocycles. The molecule has 1 aromatic heterocycles. The van der Waals surface area contributed by atoms with Gasteiger partial charge in [-0.25, -0.2) is 0 Å². The van der Waals surface area contributed by atoms with Crippen molar-refractivity contribution in [3.8, 4) is 16.8 Å². The van der Waals surface area contributed by atoms with Crippen molar-refractivity contribution in [2.24, 2.45) is 0 Å². The van der Waals surface area contributed by atoms with Crippen LogP contribution >= 0.6 is 0 Å². The number of nitrogens with zero attached hydrogens (tertiary/aromatic N) is 1. The largest absolute Gasteiger partial charge is 0.494 e. The number of hydrogen-bond donors (Lipinski definition) is 0. The molecule has 0 radical (unpaired) electrons. The summed E-state index contributed by atoms with van der Waals surface area (Å²) >= 11 is 0. The second-order valence-corrected chi connectivity index (χ2v) is 14.0. The Balaban J connectivity index is 1.27. The van der Waals surface area contributed by atoms with Gasteiger partial charge in [0.2, 0.25) is 0 Å². The summed E-state index contributed by atoms with van der Waals surface area (Å²) in [4.78, 5) is 0. The molecule has 2 aliphatic rings. The molecule has 0 atom stereocenters. The Kier molecular flexibility index (Phi) is 6.06. The SMILES string of the molecule is CC1(C)OB(c2ccc3c(c2)c2ccccc2n3-c2ccc3c(c2)-c2ccccc2C3(c2ccccc2)c2ccccc2)OC1(C)C. The van der Waals surface area contributed by atoms with Crippen LogP contribution in [0.15, 0.2) is 146 Å². The highest BCUT2D eigenvalue weighted by atomic mass is 16.7. The summed E-state index contributed by atoms with van der Waals surface area (Å²) in [6.07, 6.45) is 0. The maximum absolute atomic E-state index is 6.45. The van der Waals surface area contributed by atoms with Gasteiger partial charge in [-0.05, 0) is 90.8 Å². The van der Waals surface area contributed by atoms with Crippen LogP contribution in [0.2, 0.25) is 0 Å². The molecular formula is C43H36BNO2. The van der Waals surface area contributed by atoms with Gasteiger partial charge in [-0.2, -0.15) is 0 Å². The fraction of sp³-hybridized carbons (Fsp3) is 0.163. The number of para-hydroxylation sites is 1. The van der Waals surface area contributed by atoms with Crippen molar-refractivity contribution in [2.45, 2.75) is 44.3 Å². The molecule has 47 heavy (non-hydrogen) atoms. The summed E-state index contributed by atoms with van der Waals surface area (Å²) < 4.78 is 15.3. The Hall–Kier alpha value is -4.90. The minimum atomic E-state index is -0.411. The zero-order valence-electron chi connectivity index (χ0n) is 27.2. The highest BCUT2D eigenvalue weighted by Gasteiger charge is 2.52. The maximum atomic E-state index is 6.45. The van der Waals surface area contributed by atoms with Crippen LogP contribution in [0.5, 0.6) is 0 Å². The molecule has 1 aliphatic heterocycles. The van der Waals surface area contributed by atoms with Crippen LogP contribution in [0.3, 0.4) is 0 Å². The van der Waals surface area contributed by atoms with Crippen LogP contribution in [0, 0.1) is 0 Å². The van der Waals surface area contributed by atoms with Gasteiger partial charge >= 0.3 is 7.12 Å². The summed E-state index contributed by atoms with van der Waals surface area (Å²) in [5.41, 5.74) is 11.1. The van der Waals surface area contributed by atoms with Gasteiger partial charge in [-0.1, -0.05) is 121 Å². The predicted octanol–water partition coefficient (Wildman–Crippen LogP) is 9.45. The molecule has 0 bridgehead atoms. The molecule has 1 aliphatic carbocycles. The zero-order chi connectivity index (χ0) is 32.0. The predicted molar refractivity (Wildman–Crippen MR) is 194 cm³/mol. The first kappa shape index (κ1) is 28.3. The van der Waals surface area contributed by atoms with Crippen LogP contribution in [0.25, 0.3) is 38.6 Å². The van der Waals surface area contributed by atoms with Gasteiger partial charge < -0.3 is 13.9 Å². The number of rotatable bonds is 4. The molecule has 7 aromatic rings. The van der Waals surface area contributed by atoms with E-state index < -0.39 is 23.7 Å². The van der Waals surface area contributed by atoms with Crippen molar-refractivity contribution in [3.05, 3.63) is 168 Å². The molecule has 0 N–H and O–H groups in total. The van der Waals surface area contributed by atoms with E-state index in [1.165, 1.54) is 49.7 Å². The number of hydrogen-bond acceptors (Lipinski definition) is 2. The summed E-state index contributed by atoms with van der Waals surface area (Å²) in [5, 5.41) is 2.40. The van der Waals surface area contributed by atoms with Crippen LogP contribution in [-0.4, -0.2) is 22.9 Å². The fourth-order valence-electron chi connectivity index (χ4n) is 7.97. The summed E-state index contributed by atoms with van der Waals surface area (Å²) in [7, 11) is -0.410. The second kappa shape index (κ2) is 10.1. The average Bonchev–Trinajstić information content (AvgIpc) is 3.67. The first-order chi connectivity index (χ1) is 22.8. The quantitative estimate of drug-likeness (QED) is 0.186. The molecule has 0 saturated carbocycles. The lowest BCUT2D eigenvalue weighted by Gasteiger charge is -2.33. The Morgan fingerprint density at radius 1 is 0.489 bits per heavy atom. The van der Waals surface area contributed by atoms with Gasteiger partial charge in [-0.15, -0.1) is 0 Å². The van der Waals surface area contributed by atoms with Gasteiger partial charge in [0.05, 0.1) is 27.7 Å². The van der Waals surface area contributed by atoms with Crippen molar-refractivity contribution < 1.29 is 9.31 Å². The van der Waals surface area contributed by atoms with E-state index in [2.05, 4.69) is 178 Å². The van der Waals surface area contributed by atoms with Crippen LogP contribution in [-0.2, 0) is 14.7 Å². The average molecular weight is 610 g/mol. The van der Waals surface area contributed by atoms with Crippen molar-refractivity contribution >= 4 is 34.4 Å². The molecule has 1 saturated heterocycles. The topological polar surface area (TPSA) is 23.4 Å². The Morgan fingerprint density at radius 2 is 1.06 bits per heavy atom. The minimum Gasteiger partial charge on any atom is -0.399 e. The molecule has 0 amide bonds. The maximum Gasteiger partial charge on any atom is 0.494 e. The molecular weight excluding hydrogens is 573 g/mol. The molecule has 9 rings (SSSR count). The van der Waals surface area contributed by atoms with Crippen molar-refractivity contribution in [1.82, 2.24) is 4.57 Å². The normalized spacial score (nSPS) is 17.2. The van der Waals surface area contributed by atoms with Gasteiger partial charge in [0.15, 0.2) is 0 Å². The van der Waals surface area contributed by atoms with E-state index in [1.54, 1.807) is 0 Å². The van der Waals surface area contributed by atoms with E-state index in [4.69, 9.17) is 9.31 Å². The number of fused-ring (bicyclic) bond motifs is 6. The van der Waals surface area contributed by atoms with Crippen LogP contribution in [0.1, 0.15) is 49.9 Å². The second-order valence-electron chi connectivity index (χ2n) is 14.0. The van der Waals surface area contributed by atoms with E-state index in [9.17, 15) is 0 Å². The molecule has 4 heteroatoms. The van der Waals surface area contributed by atoms with E-state index >= 15 is 0 Å². The van der Waals surface area contributed by atoms with Gasteiger partial charge in [-0.3, -0.25) is 0 Å². The lowest BCUT2D eigenvalue weighted by atomic mass is 9.68. The molecule has 228 valence electrons. The Labute approximate surface area is 276 Å². The molecule has 2 heterocycles. The smallest absolute Gasteiger partial charge is 0.399 e. The third-order valence-corrected chi connectivity index (χ3v) is 10.9. The lowest BCUT2D eigenvalue weighted by Crippen LogP contribution is -2.41. The zero-order valence-corrected chi connectivity index (χ0v) is 27.2. The van der Waals surface area contributed by atoms with Crippen LogP contribution < -0.4 is 5.46 Å². The third kappa shape index (κ3) is 3.95. The van der Waals surface area contributed by atoms with Gasteiger partial charge in [0, 0.05) is 16.5 Å². The first-order valence-electron chi connectivity index (χ1n) is 16.5. The number of aromatic nitrogens is 1. The highest BCUT2D eigenvalue weighted by molar-refractivity contribution is 6.62. The fourth-order valence-corrected chi connectivity index (χ4v) is 7.97. The summed E-state index contributed by atoms with van der Waals surface area (Å²) in [5.74, 6) is 0. The number of benzene rings is 6. The van der Waals surface area contributed by atoms with Gasteiger partial charge in [0.25, 0.3) is 0 Å². The standard InChI is InChI=1S/C43H36BNO2/c1-41(2)42(3,4)47-44(46-41)31-23-26-40-36(27-31)34-20-12-14-22-39(34)45(40)32-24-25-38-35(28-32)33-19-11-13-21-37(33)43(38,29-15-7-5-8-16-29)30-17-9-6-10-18-30/h5-28H,1-4H3. The molecule has 0 unspecified atom stereocenters. The third-order valence-electron chi connectivity index (χ3n) is 10.9. The molecule has 3 nitrogen and oxygen atoms in total. The summed E-state index contributed by atoms with van der Waals surface area (Å²) in [6.45, 7) is 8.42. The lowest BCUT2D eigenvalue weighted by molar-refractivity contribution is 0.00578. The van der Waals surface area contributed by atoms with E-state index in [0.29, 0.717) is 0 Å². The summed E-state index contributed by atoms with van der Waals surface area (Å²) in [6, 6.07) is 53.3. The molecule has 0 spiro atoms. The van der Waals surface area contributed by atoms with E-state index in [-0.39, 0.29) is 0 Å². The Morgan fingerprint density at radius 3 is 1.77 bits per heavy atom. The van der Waals surface area contributed by atoms with E-state index in [1.807, 2.05) is 0 Å². The van der Waals surface area contributed by atoms with E-state index in [0.717, 1.165) is 16.7 Å². The van der Waals surface area contributed by atoms with Crippen molar-refractivity contribution in [2.75, 3.05) is 0 Å². The monoisotopic (exact) mass is 609 g/mol. The highest BCUT2D eigenvalue weighted by Crippen LogP contribution is 2.56. The van der Waals surface area contributed by atoms with Crippen LogP contribution in [0.4, 0.5) is 0 Å². The van der Waals surface area contributed by atoms with Gasteiger partial charge in [0.1, 0.15) is 0 Å². The molecule has 1 fully saturated rings. The minimum absolute atomic E-state index is 0.393. The van der Waals surface area contributed by atoms with Crippen molar-refractivity contribution in [3.63, 3.8) is 0 Å². The first-order valence-corrected chi connectivity index (χ1v) is 16.5.